The van der Waals surface area contributed by atoms with Gasteiger partial charge < -0.3 is 14.2 Å². The molecule has 28 heavy (non-hydrogen) atoms. The van der Waals surface area contributed by atoms with Crippen molar-refractivity contribution < 1.29 is 23.8 Å². The number of Topliss-reactive ketones (excluding diaryl/α,β-unsaturated/α-hetero) is 2. The van der Waals surface area contributed by atoms with Gasteiger partial charge in [-0.2, -0.15) is 0 Å². The predicted molar refractivity (Wildman–Crippen MR) is 101 cm³/mol. The van der Waals surface area contributed by atoms with Gasteiger partial charge in [-0.25, -0.2) is 9.97 Å². The summed E-state index contributed by atoms with van der Waals surface area (Å²) in [5, 5.41) is 0. The van der Waals surface area contributed by atoms with E-state index in [-0.39, 0.29) is 24.4 Å². The van der Waals surface area contributed by atoms with Crippen molar-refractivity contribution in [2.75, 3.05) is 26.4 Å². The molecule has 7 heteroatoms. The minimum atomic E-state index is -0.0810. The molecule has 1 aliphatic rings. The Balaban J connectivity index is 1.66. The van der Waals surface area contributed by atoms with Crippen LogP contribution in [-0.4, -0.2) is 48.0 Å². The number of aromatic nitrogens is 2. The molecular formula is C21H24N2O5. The Bertz CT molecular complexity index is 743. The van der Waals surface area contributed by atoms with Gasteiger partial charge in [-0.3, -0.25) is 9.59 Å². The third-order valence-electron chi connectivity index (χ3n) is 4.24. The third kappa shape index (κ3) is 6.30. The van der Waals surface area contributed by atoms with E-state index in [0.717, 1.165) is 0 Å². The van der Waals surface area contributed by atoms with Gasteiger partial charge in [0.05, 0.1) is 51.0 Å². The molecular weight excluding hydrogens is 360 g/mol. The average Bonchev–Trinajstić information content (AvgIpc) is 2.72. The quantitative estimate of drug-likeness (QED) is 0.690. The normalized spacial score (nSPS) is 17.9. The summed E-state index contributed by atoms with van der Waals surface area (Å²) in [5.74, 6) is -0.162. The molecule has 0 aliphatic carbocycles. The lowest BCUT2D eigenvalue weighted by molar-refractivity contribution is 0.00599. The smallest absolute Gasteiger partial charge is 0.181 e. The monoisotopic (exact) mass is 384 g/mol. The van der Waals surface area contributed by atoms with Crippen molar-refractivity contribution in [3.05, 3.63) is 59.2 Å². The molecule has 0 saturated carbocycles. The highest BCUT2D eigenvalue weighted by Crippen LogP contribution is 2.11. The summed E-state index contributed by atoms with van der Waals surface area (Å²) in [7, 11) is 0. The summed E-state index contributed by atoms with van der Waals surface area (Å²) in [6, 6.07) is 10.6. The molecule has 0 amide bonds. The van der Waals surface area contributed by atoms with Gasteiger partial charge in [0.2, 0.25) is 0 Å². The molecule has 3 rings (SSSR count). The standard InChI is InChI=1S/C21H24N2O5/c24-20-8-3-9-21(25)19-7-2-5-17(23-19)15-28-13-11-26-10-12-27-14-16-4-1-6-18(20)22-16/h1-2,4-7H,3,8-15H2. The molecule has 2 aromatic heterocycles. The topological polar surface area (TPSA) is 87.6 Å². The fourth-order valence-electron chi connectivity index (χ4n) is 2.79. The Labute approximate surface area is 164 Å². The van der Waals surface area contributed by atoms with Crippen molar-refractivity contribution in [3.63, 3.8) is 0 Å². The molecule has 4 bridgehead atoms. The van der Waals surface area contributed by atoms with Crippen molar-refractivity contribution in [3.8, 4) is 0 Å². The van der Waals surface area contributed by atoms with Crippen LogP contribution in [0.4, 0.5) is 0 Å². The second-order valence-electron chi connectivity index (χ2n) is 6.45. The summed E-state index contributed by atoms with van der Waals surface area (Å²) in [5.41, 5.74) is 2.19. The summed E-state index contributed by atoms with van der Waals surface area (Å²) < 4.78 is 16.5. The van der Waals surface area contributed by atoms with Crippen molar-refractivity contribution in [1.29, 1.82) is 0 Å². The minimum Gasteiger partial charge on any atom is -0.377 e. The molecule has 0 aromatic carbocycles. The zero-order chi connectivity index (χ0) is 19.6. The third-order valence-corrected chi connectivity index (χ3v) is 4.24. The highest BCUT2D eigenvalue weighted by atomic mass is 16.5. The highest BCUT2D eigenvalue weighted by Gasteiger charge is 2.12. The second kappa shape index (κ2) is 10.8. The maximum atomic E-state index is 12.4. The second-order valence-corrected chi connectivity index (χ2v) is 6.45. The van der Waals surface area contributed by atoms with E-state index in [1.165, 1.54) is 0 Å². The first kappa shape index (κ1) is 20.3. The van der Waals surface area contributed by atoms with Gasteiger partial charge in [-0.1, -0.05) is 12.1 Å². The summed E-state index contributed by atoms with van der Waals surface area (Å²) >= 11 is 0. The maximum absolute atomic E-state index is 12.4. The number of carbonyl (C=O) groups excluding carboxylic acids is 2. The number of hydrogen-bond acceptors (Lipinski definition) is 7. The Morgan fingerprint density at radius 3 is 1.61 bits per heavy atom. The van der Waals surface area contributed by atoms with Crippen molar-refractivity contribution in [1.82, 2.24) is 9.97 Å². The number of fused-ring (bicyclic) bond motifs is 4. The van der Waals surface area contributed by atoms with Gasteiger partial charge in [0.15, 0.2) is 11.6 Å². The minimum absolute atomic E-state index is 0.0810. The van der Waals surface area contributed by atoms with Crippen molar-refractivity contribution in [2.45, 2.75) is 32.5 Å². The molecule has 148 valence electrons. The summed E-state index contributed by atoms with van der Waals surface area (Å²) in [6.07, 6.45) is 0.985. The molecule has 0 saturated heterocycles. The van der Waals surface area contributed by atoms with Crippen LogP contribution >= 0.6 is 0 Å². The van der Waals surface area contributed by atoms with Crippen LogP contribution in [-0.2, 0) is 27.4 Å². The molecule has 0 fully saturated rings. The van der Waals surface area contributed by atoms with Gasteiger partial charge in [0, 0.05) is 12.8 Å². The van der Waals surface area contributed by atoms with E-state index in [4.69, 9.17) is 14.2 Å². The first-order chi connectivity index (χ1) is 13.7. The molecule has 2 aromatic rings. The SMILES string of the molecule is O=C1CCCC(=O)c2cccc(n2)COCCOCCOCc2cccc1n2. The van der Waals surface area contributed by atoms with Gasteiger partial charge >= 0.3 is 0 Å². The van der Waals surface area contributed by atoms with Gasteiger partial charge in [-0.15, -0.1) is 0 Å². The summed E-state index contributed by atoms with van der Waals surface area (Å²) in [4.78, 5) is 33.4. The van der Waals surface area contributed by atoms with Crippen LogP contribution in [0.25, 0.3) is 0 Å². The molecule has 0 unspecified atom stereocenters. The fourth-order valence-corrected chi connectivity index (χ4v) is 2.79. The number of ether oxygens (including phenoxy) is 3. The van der Waals surface area contributed by atoms with Crippen LogP contribution in [0.15, 0.2) is 36.4 Å². The maximum Gasteiger partial charge on any atom is 0.181 e. The van der Waals surface area contributed by atoms with Crippen LogP contribution in [0.2, 0.25) is 0 Å². The highest BCUT2D eigenvalue weighted by molar-refractivity contribution is 5.96. The average molecular weight is 384 g/mol. The van der Waals surface area contributed by atoms with Crippen LogP contribution in [0.5, 0.6) is 0 Å². The van der Waals surface area contributed by atoms with Crippen molar-refractivity contribution >= 4 is 11.6 Å². The predicted octanol–water partition coefficient (Wildman–Crippen LogP) is 2.78. The Hall–Kier alpha value is -2.48. The Kier molecular flexibility index (Phi) is 7.78. The molecule has 0 spiro atoms. The largest absolute Gasteiger partial charge is 0.377 e. The van der Waals surface area contributed by atoms with Gasteiger partial charge in [0.25, 0.3) is 0 Å². The van der Waals surface area contributed by atoms with Gasteiger partial charge in [0.1, 0.15) is 11.4 Å². The van der Waals surface area contributed by atoms with Crippen LogP contribution < -0.4 is 0 Å². The first-order valence-electron chi connectivity index (χ1n) is 9.44. The molecule has 7 nitrogen and oxygen atoms in total. The van der Waals surface area contributed by atoms with E-state index in [2.05, 4.69) is 9.97 Å². The lowest BCUT2D eigenvalue weighted by Gasteiger charge is -2.09. The molecule has 3 heterocycles. The lowest BCUT2D eigenvalue weighted by atomic mass is 10.1. The van der Waals surface area contributed by atoms with E-state index in [1.807, 2.05) is 12.1 Å². The first-order valence-corrected chi connectivity index (χ1v) is 9.44. The number of nitrogens with zero attached hydrogens (tertiary/aromatic N) is 2. The zero-order valence-electron chi connectivity index (χ0n) is 15.8. The van der Waals surface area contributed by atoms with E-state index in [0.29, 0.717) is 68.8 Å². The van der Waals surface area contributed by atoms with Crippen LogP contribution in [0.3, 0.4) is 0 Å². The van der Waals surface area contributed by atoms with Crippen LogP contribution in [0.1, 0.15) is 51.6 Å². The number of ketones is 2. The number of pyridine rings is 2. The zero-order valence-corrected chi connectivity index (χ0v) is 15.8. The number of carbonyl (C=O) groups is 2. The molecule has 0 radical (unpaired) electrons. The van der Waals surface area contributed by atoms with E-state index in [1.54, 1.807) is 24.3 Å². The Morgan fingerprint density at radius 2 is 1.11 bits per heavy atom. The van der Waals surface area contributed by atoms with Gasteiger partial charge in [-0.05, 0) is 30.7 Å². The number of rotatable bonds is 0. The summed E-state index contributed by atoms with van der Waals surface area (Å²) in [6.45, 7) is 2.41. The molecule has 0 atom stereocenters. The fraction of sp³-hybridized carbons (Fsp3) is 0.429. The number of hydrogen-bond donors (Lipinski definition) is 0. The Morgan fingerprint density at radius 1 is 0.643 bits per heavy atom. The lowest BCUT2D eigenvalue weighted by Crippen LogP contribution is -2.12. The van der Waals surface area contributed by atoms with E-state index >= 15 is 0 Å². The van der Waals surface area contributed by atoms with E-state index in [9.17, 15) is 9.59 Å². The van der Waals surface area contributed by atoms with Crippen LogP contribution in [0, 0.1) is 0 Å². The molecule has 1 aliphatic heterocycles. The van der Waals surface area contributed by atoms with Crippen molar-refractivity contribution in [2.24, 2.45) is 0 Å². The molecule has 0 N–H and O–H groups in total. The van der Waals surface area contributed by atoms with E-state index < -0.39 is 0 Å².